The number of hydrogen-bond acceptors (Lipinski definition) is 0. The van der Waals surface area contributed by atoms with E-state index >= 15 is 0 Å². The summed E-state index contributed by atoms with van der Waals surface area (Å²) in [5.41, 5.74) is 0. The van der Waals surface area contributed by atoms with Gasteiger partial charge in [-0.2, -0.15) is 0 Å². The van der Waals surface area contributed by atoms with E-state index < -0.39 is 0 Å². The van der Waals surface area contributed by atoms with Crippen molar-refractivity contribution in [1.82, 2.24) is 0 Å². The Hall–Kier alpha value is 0. The Morgan fingerprint density at radius 3 is 1.46 bits per heavy atom. The zero-order valence-electron chi connectivity index (χ0n) is 9.82. The smallest absolute Gasteiger partial charge is 0.0417 e. The number of rotatable bonds is 1. The van der Waals surface area contributed by atoms with Gasteiger partial charge in [-0.15, -0.1) is 0 Å². The third-order valence-corrected chi connectivity index (χ3v) is 2.30. The van der Waals surface area contributed by atoms with Crippen LogP contribution in [0.4, 0.5) is 0 Å². The van der Waals surface area contributed by atoms with E-state index in [0.29, 0.717) is 0 Å². The fourth-order valence-electron chi connectivity index (χ4n) is 1.60. The summed E-state index contributed by atoms with van der Waals surface area (Å²) in [6, 6.07) is 0. The highest BCUT2D eigenvalue weighted by Gasteiger charge is 2.09. The van der Waals surface area contributed by atoms with Crippen molar-refractivity contribution in [3.8, 4) is 0 Å². The average molecular weight is 188 g/mol. The molecule has 13 heavy (non-hydrogen) atoms. The number of hydrogen-bond donors (Lipinski definition) is 0. The van der Waals surface area contributed by atoms with Crippen LogP contribution in [-0.2, 0) is 0 Å². The van der Waals surface area contributed by atoms with Gasteiger partial charge in [0, 0.05) is 0 Å². The van der Waals surface area contributed by atoms with Crippen molar-refractivity contribution in [1.29, 1.82) is 0 Å². The molecule has 0 aromatic carbocycles. The summed E-state index contributed by atoms with van der Waals surface area (Å²) < 4.78 is 0. The second kappa shape index (κ2) is 17.9. The highest BCUT2D eigenvalue weighted by molar-refractivity contribution is 4.63. The molecule has 0 bridgehead atoms. The predicted octanol–water partition coefficient (Wildman–Crippen LogP) is 5.67. The Labute approximate surface area is 87.1 Å². The van der Waals surface area contributed by atoms with Crippen LogP contribution < -0.4 is 0 Å². The molecule has 0 amide bonds. The fourth-order valence-corrected chi connectivity index (χ4v) is 1.60. The lowest BCUT2D eigenvalue weighted by Crippen LogP contribution is -2.03. The predicted molar refractivity (Wildman–Crippen MR) is 66.3 cm³/mol. The van der Waals surface area contributed by atoms with Crippen LogP contribution in [0, 0.1) is 5.92 Å². The topological polar surface area (TPSA) is 0 Å². The minimum absolute atomic E-state index is 0. The lowest BCUT2D eigenvalue weighted by atomic mass is 9.88. The van der Waals surface area contributed by atoms with Crippen molar-refractivity contribution in [3.05, 3.63) is 0 Å². The Balaban J connectivity index is -0.000000178. The standard InChI is InChI=1S/C8H16.2C2H6.CH4/c1-2-8-6-4-3-5-7-8;2*1-2;/h8H,2-7H2,1H3;2*1-2H3;1H4. The van der Waals surface area contributed by atoms with Crippen LogP contribution in [0.1, 0.15) is 80.6 Å². The highest BCUT2D eigenvalue weighted by Crippen LogP contribution is 2.25. The molecule has 0 aliphatic heterocycles. The average Bonchev–Trinajstić information content (AvgIpc) is 2.25. The summed E-state index contributed by atoms with van der Waals surface area (Å²) in [4.78, 5) is 0. The molecule has 1 fully saturated rings. The largest absolute Gasteiger partial charge is 0.0776 e. The summed E-state index contributed by atoms with van der Waals surface area (Å²) in [6.07, 6.45) is 8.93. The molecule has 0 heterocycles. The first-order valence-corrected chi connectivity index (χ1v) is 5.93. The third-order valence-electron chi connectivity index (χ3n) is 2.30. The van der Waals surface area contributed by atoms with Gasteiger partial charge >= 0.3 is 0 Å². The van der Waals surface area contributed by atoms with E-state index in [2.05, 4.69) is 6.92 Å². The molecule has 1 aliphatic carbocycles. The van der Waals surface area contributed by atoms with Crippen molar-refractivity contribution in [2.75, 3.05) is 0 Å². The Kier molecular flexibility index (Phi) is 25.8. The van der Waals surface area contributed by atoms with Gasteiger partial charge in [-0.3, -0.25) is 0 Å². The first-order valence-electron chi connectivity index (χ1n) is 5.93. The molecule has 0 saturated heterocycles. The van der Waals surface area contributed by atoms with E-state index in [1.165, 1.54) is 38.5 Å². The lowest BCUT2D eigenvalue weighted by molar-refractivity contribution is 0.349. The summed E-state index contributed by atoms with van der Waals surface area (Å²) in [5.74, 6) is 1.09. The first-order chi connectivity index (χ1) is 5.93. The van der Waals surface area contributed by atoms with Crippen molar-refractivity contribution >= 4 is 0 Å². The van der Waals surface area contributed by atoms with Crippen LogP contribution >= 0.6 is 0 Å². The van der Waals surface area contributed by atoms with E-state index in [1.54, 1.807) is 0 Å². The fraction of sp³-hybridized carbons (Fsp3) is 1.00. The highest BCUT2D eigenvalue weighted by atomic mass is 14.2. The molecule has 0 heteroatoms. The van der Waals surface area contributed by atoms with Crippen LogP contribution in [0.5, 0.6) is 0 Å². The van der Waals surface area contributed by atoms with Gasteiger partial charge < -0.3 is 0 Å². The molecule has 1 saturated carbocycles. The Morgan fingerprint density at radius 1 is 0.846 bits per heavy atom. The summed E-state index contributed by atoms with van der Waals surface area (Å²) >= 11 is 0. The molecule has 1 aliphatic rings. The SMILES string of the molecule is C.CC.CC.CCC1CCCCC1. The van der Waals surface area contributed by atoms with Gasteiger partial charge in [-0.1, -0.05) is 80.6 Å². The zero-order chi connectivity index (χ0) is 9.82. The lowest BCUT2D eigenvalue weighted by Gasteiger charge is -2.18. The molecule has 0 aromatic heterocycles. The van der Waals surface area contributed by atoms with Gasteiger partial charge in [0.25, 0.3) is 0 Å². The van der Waals surface area contributed by atoms with Crippen LogP contribution in [0.3, 0.4) is 0 Å². The zero-order valence-corrected chi connectivity index (χ0v) is 9.82. The maximum Gasteiger partial charge on any atom is -0.0417 e. The molecule has 0 spiro atoms. The van der Waals surface area contributed by atoms with E-state index in [0.717, 1.165) is 5.92 Å². The summed E-state index contributed by atoms with van der Waals surface area (Å²) in [6.45, 7) is 10.3. The minimum atomic E-state index is 0. The monoisotopic (exact) mass is 188 g/mol. The first kappa shape index (κ1) is 18.7. The molecule has 0 N–H and O–H groups in total. The maximum atomic E-state index is 2.32. The van der Waals surface area contributed by atoms with Crippen molar-refractivity contribution in [3.63, 3.8) is 0 Å². The Morgan fingerprint density at radius 2 is 1.23 bits per heavy atom. The minimum Gasteiger partial charge on any atom is -0.0776 e. The van der Waals surface area contributed by atoms with Crippen molar-refractivity contribution < 1.29 is 0 Å². The van der Waals surface area contributed by atoms with Gasteiger partial charge in [0.15, 0.2) is 0 Å². The van der Waals surface area contributed by atoms with E-state index in [-0.39, 0.29) is 7.43 Å². The van der Waals surface area contributed by atoms with Crippen LogP contribution in [0.2, 0.25) is 0 Å². The Bertz CT molecular complexity index is 51.1. The van der Waals surface area contributed by atoms with Crippen LogP contribution in [0.15, 0.2) is 0 Å². The van der Waals surface area contributed by atoms with Gasteiger partial charge in [-0.25, -0.2) is 0 Å². The second-order valence-electron chi connectivity index (χ2n) is 2.91. The molecule has 0 atom stereocenters. The molecule has 0 aromatic rings. The molecule has 0 unspecified atom stereocenters. The molecule has 0 radical (unpaired) electrons. The molecular weight excluding hydrogens is 156 g/mol. The summed E-state index contributed by atoms with van der Waals surface area (Å²) in [7, 11) is 0. The second-order valence-corrected chi connectivity index (χ2v) is 2.91. The van der Waals surface area contributed by atoms with Gasteiger partial charge in [0.05, 0.1) is 0 Å². The van der Waals surface area contributed by atoms with Gasteiger partial charge in [0.2, 0.25) is 0 Å². The van der Waals surface area contributed by atoms with E-state index in [1.807, 2.05) is 27.7 Å². The molecule has 1 rings (SSSR count). The van der Waals surface area contributed by atoms with Gasteiger partial charge in [0.1, 0.15) is 0 Å². The normalized spacial score (nSPS) is 15.5. The molecule has 0 nitrogen and oxygen atoms in total. The summed E-state index contributed by atoms with van der Waals surface area (Å²) in [5, 5.41) is 0. The van der Waals surface area contributed by atoms with Crippen molar-refractivity contribution in [2.24, 2.45) is 5.92 Å². The van der Waals surface area contributed by atoms with Crippen molar-refractivity contribution in [2.45, 2.75) is 80.6 Å². The quantitative estimate of drug-likeness (QED) is 0.497. The van der Waals surface area contributed by atoms with Crippen LogP contribution in [-0.4, -0.2) is 0 Å². The maximum absolute atomic E-state index is 2.32. The van der Waals surface area contributed by atoms with Gasteiger partial charge in [-0.05, 0) is 5.92 Å². The van der Waals surface area contributed by atoms with E-state index in [4.69, 9.17) is 0 Å². The molecule has 84 valence electrons. The third kappa shape index (κ3) is 12.0. The molecular formula is C13H32. The van der Waals surface area contributed by atoms with Crippen LogP contribution in [0.25, 0.3) is 0 Å². The van der Waals surface area contributed by atoms with E-state index in [9.17, 15) is 0 Å².